The van der Waals surface area contributed by atoms with Crippen molar-refractivity contribution in [2.24, 2.45) is 0 Å². The van der Waals surface area contributed by atoms with Crippen LogP contribution in [0, 0.1) is 20.2 Å². The molecule has 2 aromatic rings. The summed E-state index contributed by atoms with van der Waals surface area (Å²) in [5.74, 6) is -0.948. The number of nitro groups is 2. The molecule has 528 valence electrons. The quantitative estimate of drug-likeness (QED) is 0.0121. The molecule has 2 atom stereocenters. The van der Waals surface area contributed by atoms with Gasteiger partial charge >= 0.3 is 56.4 Å². The van der Waals surface area contributed by atoms with Crippen LogP contribution in [-0.2, 0) is 54.0 Å². The van der Waals surface area contributed by atoms with E-state index in [-0.39, 0.29) is 73.1 Å². The maximum Gasteiger partial charge on any atom is 0.534 e. The second-order valence-electron chi connectivity index (χ2n) is 26.5. The molecule has 0 saturated carbocycles. The Morgan fingerprint density at radius 1 is 0.522 bits per heavy atom. The molecule has 1 fully saturated rings. The molecular weight excluding hydrogens is 1360 g/mol. The molecule has 1 aliphatic heterocycles. The summed E-state index contributed by atoms with van der Waals surface area (Å²) in [6.45, 7) is 35.9. The standard InChI is InChI=1S/C27H48N2O13Si4.C26H51NO10Si4.C2H8O2Si/c1-20(39-27(32)40-28-25(30)12-13-26(28)31)21-18-23(37-14-10-16-43(2,3)41-45(6,7)35)24(19-22(21)29(33)34)38-15-11-17-44(4,5)42-46(8,9)36;1-11-14-26(28)35-21(2)22-19-24(33-15-12-17-38(3,4)36-40(7,8)31)25(20-23(22)27(29)30)34-16-13-18-39(5,6)37-41(9,10)32;1-3-5-4-2/h18-20,35-36H,10-17H2,1-9H3;19-21,31-32H,11-18H2,1-10H3;5H2,1-2H3. The SMILES string of the molecule is CC(OC(=O)ON1C(=O)CCC1=O)c1cc(OCCC[Si](C)(C)O[Si](C)(C)O)c(OCCC[Si](C)(C)O[Si](C)(C)O)cc1[N+](=O)[O-].CCCC(=O)OC(C)c1cc(OCCC[Si](C)(C)O[Si](C)(C)O)c(OCCC[Si](C)(C)O[Si](C)(C)O)cc1[N+](=O)[O-].CO[SiH2]OC. The lowest BCUT2D eigenvalue weighted by Crippen LogP contribution is -2.44. The summed E-state index contributed by atoms with van der Waals surface area (Å²) in [6.07, 6.45) is -0.396. The molecule has 2 aromatic carbocycles. The number of rotatable bonds is 39. The average molecular weight is 1460 g/mol. The Balaban J connectivity index is 0.000000861. The van der Waals surface area contributed by atoms with Gasteiger partial charge in [-0.1, -0.05) is 12.0 Å². The van der Waals surface area contributed by atoms with E-state index in [4.69, 9.17) is 49.7 Å². The molecule has 0 radical (unpaired) electrons. The number of amides is 2. The summed E-state index contributed by atoms with van der Waals surface area (Å²) in [5.41, 5.74) is -0.414. The number of imide groups is 1. The van der Waals surface area contributed by atoms with Crippen LogP contribution in [0.25, 0.3) is 0 Å². The second-order valence-corrected chi connectivity index (χ2v) is 58.8. The van der Waals surface area contributed by atoms with Gasteiger partial charge in [-0.3, -0.25) is 39.4 Å². The van der Waals surface area contributed by atoms with Crippen LogP contribution in [0.2, 0.25) is 129 Å². The number of hydrogen-bond acceptors (Lipinski definition) is 25. The molecule has 2 amide bonds. The zero-order valence-electron chi connectivity index (χ0n) is 58.2. The molecule has 1 aliphatic rings. The third-order valence-corrected chi connectivity index (χ3v) is 36.3. The highest BCUT2D eigenvalue weighted by atomic mass is 28.5. The van der Waals surface area contributed by atoms with E-state index in [9.17, 15) is 58.6 Å². The van der Waals surface area contributed by atoms with Gasteiger partial charge in [-0.2, -0.15) is 0 Å². The van der Waals surface area contributed by atoms with Crippen LogP contribution in [-0.4, -0.2) is 176 Å². The highest BCUT2D eigenvalue weighted by Gasteiger charge is 2.38. The van der Waals surface area contributed by atoms with Crippen molar-refractivity contribution < 1.29 is 107 Å². The molecule has 0 aromatic heterocycles. The molecule has 4 N–H and O–H groups in total. The molecule has 3 rings (SSSR count). The van der Waals surface area contributed by atoms with Gasteiger partial charge in [-0.25, -0.2) is 4.79 Å². The monoisotopic (exact) mass is 1460 g/mol. The second kappa shape index (κ2) is 38.6. The van der Waals surface area contributed by atoms with Crippen molar-refractivity contribution in [3.05, 3.63) is 55.6 Å². The minimum absolute atomic E-state index is 0.0217. The van der Waals surface area contributed by atoms with Gasteiger partial charge in [0, 0.05) is 33.5 Å². The predicted molar refractivity (Wildman–Crippen MR) is 368 cm³/mol. The summed E-state index contributed by atoms with van der Waals surface area (Å²) >= 11 is 0. The van der Waals surface area contributed by atoms with E-state index >= 15 is 0 Å². The van der Waals surface area contributed by atoms with Crippen molar-refractivity contribution in [1.29, 1.82) is 0 Å². The lowest BCUT2D eigenvalue weighted by atomic mass is 10.1. The Bertz CT molecular complexity index is 2670. The molecular formula is C55H107N3O25Si9. The Labute approximate surface area is 554 Å². The number of hydrogen-bond donors (Lipinski definition) is 4. The van der Waals surface area contributed by atoms with E-state index in [1.807, 2.05) is 46.2 Å². The van der Waals surface area contributed by atoms with Crippen molar-refractivity contribution >= 4 is 113 Å². The van der Waals surface area contributed by atoms with Crippen LogP contribution in [0.15, 0.2) is 24.3 Å². The normalized spacial score (nSPS) is 14.1. The summed E-state index contributed by atoms with van der Waals surface area (Å²) in [5, 5.41) is 24.4. The van der Waals surface area contributed by atoms with Gasteiger partial charge in [0.25, 0.3) is 23.2 Å². The van der Waals surface area contributed by atoms with Gasteiger partial charge in [0.05, 0.1) is 59.5 Å². The van der Waals surface area contributed by atoms with Crippen LogP contribution in [0.5, 0.6) is 23.0 Å². The van der Waals surface area contributed by atoms with E-state index in [1.165, 1.54) is 31.2 Å². The van der Waals surface area contributed by atoms with Crippen LogP contribution in [0.3, 0.4) is 0 Å². The summed E-state index contributed by atoms with van der Waals surface area (Å²) < 4.78 is 67.9. The molecule has 92 heavy (non-hydrogen) atoms. The van der Waals surface area contributed by atoms with Crippen molar-refractivity contribution in [2.75, 3.05) is 40.6 Å². The summed E-state index contributed by atoms with van der Waals surface area (Å²) in [7, 11) is -16.6. The smallest absolute Gasteiger partial charge is 0.490 e. The maximum atomic E-state index is 12.4. The number of nitrogens with zero attached hydrogens (tertiary/aromatic N) is 3. The van der Waals surface area contributed by atoms with Crippen molar-refractivity contribution in [1.82, 2.24) is 5.06 Å². The molecule has 28 nitrogen and oxygen atoms in total. The topological polar surface area (TPSA) is 359 Å². The van der Waals surface area contributed by atoms with E-state index in [1.54, 1.807) is 73.5 Å². The van der Waals surface area contributed by atoms with Crippen molar-refractivity contribution in [2.45, 2.75) is 213 Å². The molecule has 37 heteroatoms. The molecule has 1 saturated heterocycles. The Morgan fingerprint density at radius 2 is 0.804 bits per heavy atom. The zero-order chi connectivity index (χ0) is 70.9. The van der Waals surface area contributed by atoms with E-state index in [0.29, 0.717) is 61.6 Å². The molecule has 2 unspecified atom stereocenters. The maximum absolute atomic E-state index is 12.4. The lowest BCUT2D eigenvalue weighted by molar-refractivity contribution is -0.386. The first kappa shape index (κ1) is 85.9. The lowest BCUT2D eigenvalue weighted by Gasteiger charge is -2.30. The predicted octanol–water partition coefficient (Wildman–Crippen LogP) is 10.9. The first-order chi connectivity index (χ1) is 42.0. The number of carbonyl (C=O) groups excluding carboxylic acids is 4. The Kier molecular flexibility index (Phi) is 36.0. The largest absolute Gasteiger partial charge is 0.534 e. The fourth-order valence-electron chi connectivity index (χ4n) is 9.78. The number of hydroxylamine groups is 2. The third kappa shape index (κ3) is 36.7. The number of esters is 1. The van der Waals surface area contributed by atoms with Gasteiger partial charge in [0.2, 0.25) is 0 Å². The average Bonchev–Trinajstić information content (AvgIpc) is 1.07. The minimum atomic E-state index is -2.71. The Morgan fingerprint density at radius 3 is 1.05 bits per heavy atom. The summed E-state index contributed by atoms with van der Waals surface area (Å²) in [6, 6.07) is 8.30. The van der Waals surface area contributed by atoms with E-state index in [2.05, 4.69) is 21.9 Å². The van der Waals surface area contributed by atoms with Crippen LogP contribution in [0.4, 0.5) is 16.2 Å². The van der Waals surface area contributed by atoms with Crippen LogP contribution < -0.4 is 18.9 Å². The highest BCUT2D eigenvalue weighted by molar-refractivity contribution is 6.83. The van der Waals surface area contributed by atoms with Gasteiger partial charge in [0.1, 0.15) is 12.2 Å². The van der Waals surface area contributed by atoms with Crippen molar-refractivity contribution in [3.8, 4) is 23.0 Å². The Hall–Kier alpha value is -4.13. The van der Waals surface area contributed by atoms with Gasteiger partial charge in [0.15, 0.2) is 56.3 Å². The fourth-order valence-corrected chi connectivity index (χ4v) is 37.3. The number of nitro benzene ring substituents is 2. The minimum Gasteiger partial charge on any atom is -0.490 e. The first-order valence-electron chi connectivity index (χ1n) is 30.8. The highest BCUT2D eigenvalue weighted by Crippen LogP contribution is 2.41. The molecule has 0 aliphatic carbocycles. The zero-order valence-corrected chi connectivity index (χ0v) is 67.6. The summed E-state index contributed by atoms with van der Waals surface area (Å²) in [4.78, 5) is 117. The van der Waals surface area contributed by atoms with Crippen molar-refractivity contribution in [3.63, 3.8) is 0 Å². The van der Waals surface area contributed by atoms with E-state index < -0.39 is 129 Å². The number of ether oxygens (including phenoxy) is 6. The van der Waals surface area contributed by atoms with E-state index in [0.717, 1.165) is 12.1 Å². The fraction of sp³-hybridized carbons (Fsp3) is 0.709. The number of carbonyl (C=O) groups is 4. The van der Waals surface area contributed by atoms with Gasteiger partial charge < -0.3 is 72.9 Å². The first-order valence-corrected chi connectivity index (χ1v) is 55.9. The van der Waals surface area contributed by atoms with Gasteiger partial charge in [-0.15, -0.1) is 0 Å². The molecule has 0 spiro atoms. The molecule has 1 heterocycles. The van der Waals surface area contributed by atoms with Gasteiger partial charge in [-0.05, 0) is 187 Å². The van der Waals surface area contributed by atoms with Crippen LogP contribution >= 0.6 is 0 Å². The third-order valence-electron chi connectivity index (χ3n) is 12.7. The molecule has 0 bridgehead atoms. The van der Waals surface area contributed by atoms with Crippen LogP contribution in [0.1, 0.15) is 95.5 Å². The number of benzene rings is 2.